The number of nitrogens with zero attached hydrogens (tertiary/aromatic N) is 5. The largest absolute Gasteiger partial charge is 0.319 e. The zero-order valence-corrected chi connectivity index (χ0v) is 17.2. The van der Waals surface area contributed by atoms with Gasteiger partial charge >= 0.3 is 0 Å². The molecule has 0 saturated carbocycles. The topological polar surface area (TPSA) is 56.3 Å². The van der Waals surface area contributed by atoms with E-state index in [9.17, 15) is 0 Å². The second-order valence-corrected chi connectivity index (χ2v) is 8.81. The van der Waals surface area contributed by atoms with Gasteiger partial charge in [-0.2, -0.15) is 0 Å². The molecule has 1 aromatic carbocycles. The minimum absolute atomic E-state index is 0.0791. The van der Waals surface area contributed by atoms with E-state index in [1.54, 1.807) is 11.0 Å². The van der Waals surface area contributed by atoms with Crippen molar-refractivity contribution in [1.82, 2.24) is 19.8 Å². The van der Waals surface area contributed by atoms with Gasteiger partial charge in [-0.15, -0.1) is 9.75 Å². The Bertz CT molecular complexity index is 979. The highest BCUT2D eigenvalue weighted by Crippen LogP contribution is 2.38. The van der Waals surface area contributed by atoms with Crippen molar-refractivity contribution in [3.63, 3.8) is 0 Å². The molecule has 148 valence electrons. The van der Waals surface area contributed by atoms with E-state index in [1.807, 2.05) is 47.4 Å². The summed E-state index contributed by atoms with van der Waals surface area (Å²) >= 11 is 0. The summed E-state index contributed by atoms with van der Waals surface area (Å²) in [7, 11) is 1.89. The van der Waals surface area contributed by atoms with Crippen molar-refractivity contribution >= 4 is 10.9 Å². The number of piperidine rings is 1. The highest BCUT2D eigenvalue weighted by Gasteiger charge is 2.43. The van der Waals surface area contributed by atoms with Gasteiger partial charge in [0.2, 0.25) is 6.33 Å². The molecule has 0 atom stereocenters. The van der Waals surface area contributed by atoms with Gasteiger partial charge in [-0.3, -0.25) is 4.98 Å². The van der Waals surface area contributed by atoms with Crippen LogP contribution in [0.2, 0.25) is 0 Å². The van der Waals surface area contributed by atoms with E-state index in [1.165, 1.54) is 6.42 Å². The molecule has 4 rings (SSSR count). The van der Waals surface area contributed by atoms with Crippen LogP contribution in [0.1, 0.15) is 47.0 Å². The van der Waals surface area contributed by atoms with Crippen LogP contribution in [-0.4, -0.2) is 30.9 Å². The normalized spacial score (nSPS) is 19.0. The molecule has 0 aliphatic carbocycles. The first-order valence-corrected chi connectivity index (χ1v) is 9.70. The number of hydroxylamine groups is 2. The zero-order valence-electron chi connectivity index (χ0n) is 17.2. The van der Waals surface area contributed by atoms with Gasteiger partial charge in [0, 0.05) is 21.6 Å². The molecule has 1 fully saturated rings. The van der Waals surface area contributed by atoms with Crippen molar-refractivity contribution in [2.24, 2.45) is 7.05 Å². The molecule has 1 aliphatic heterocycles. The van der Waals surface area contributed by atoms with Gasteiger partial charge in [-0.25, -0.2) is 4.57 Å². The predicted octanol–water partition coefficient (Wildman–Crippen LogP) is 3.51. The molecule has 1 aliphatic rings. The fraction of sp³-hybridized carbons (Fsp3) is 0.476. The number of benzene rings is 1. The number of pyridine rings is 1. The number of aryl methyl sites for hydroxylation is 1. The van der Waals surface area contributed by atoms with Crippen molar-refractivity contribution in [3.8, 4) is 11.4 Å². The van der Waals surface area contributed by atoms with Gasteiger partial charge in [-0.1, -0.05) is 4.99 Å². The Labute approximate surface area is 165 Å². The molecular formula is C21H28N5O2+. The summed E-state index contributed by atoms with van der Waals surface area (Å²) in [6.07, 6.45) is 8.83. The minimum Gasteiger partial charge on any atom is -0.319 e. The molecule has 3 aromatic rings. The lowest BCUT2D eigenvalue weighted by atomic mass is 9.82. The van der Waals surface area contributed by atoms with E-state index in [4.69, 9.17) is 9.88 Å². The number of hydrogen-bond acceptors (Lipinski definition) is 5. The molecule has 0 amide bonds. The Kier molecular flexibility index (Phi) is 4.59. The lowest BCUT2D eigenvalue weighted by Gasteiger charge is -2.49. The minimum atomic E-state index is -0.0791. The molecule has 0 radical (unpaired) electrons. The SMILES string of the molecule is Cn1c[n+](-c2cnc3ccc(OON4C(C)(C)CCCC4(C)C)cc3c2)cn1. The van der Waals surface area contributed by atoms with Crippen molar-refractivity contribution in [3.05, 3.63) is 43.1 Å². The summed E-state index contributed by atoms with van der Waals surface area (Å²) in [6.45, 7) is 8.77. The highest BCUT2D eigenvalue weighted by molar-refractivity contribution is 5.81. The average molecular weight is 382 g/mol. The molecule has 28 heavy (non-hydrogen) atoms. The fourth-order valence-corrected chi connectivity index (χ4v) is 4.06. The van der Waals surface area contributed by atoms with Crippen LogP contribution in [0.3, 0.4) is 0 Å². The Morgan fingerprint density at radius 2 is 1.82 bits per heavy atom. The van der Waals surface area contributed by atoms with Crippen LogP contribution in [0, 0.1) is 0 Å². The lowest BCUT2D eigenvalue weighted by molar-refractivity contribution is -0.596. The summed E-state index contributed by atoms with van der Waals surface area (Å²) in [6, 6.07) is 7.84. The molecule has 1 saturated heterocycles. The quantitative estimate of drug-likeness (QED) is 0.393. The lowest BCUT2D eigenvalue weighted by Crippen LogP contribution is -2.58. The monoisotopic (exact) mass is 382 g/mol. The molecule has 0 spiro atoms. The predicted molar refractivity (Wildman–Crippen MR) is 106 cm³/mol. The number of fused-ring (bicyclic) bond motifs is 1. The summed E-state index contributed by atoms with van der Waals surface area (Å²) in [5, 5.41) is 7.17. The van der Waals surface area contributed by atoms with Crippen LogP contribution >= 0.6 is 0 Å². The van der Waals surface area contributed by atoms with Crippen molar-refractivity contribution in [2.75, 3.05) is 0 Å². The van der Waals surface area contributed by atoms with E-state index in [-0.39, 0.29) is 11.1 Å². The second-order valence-electron chi connectivity index (χ2n) is 8.81. The van der Waals surface area contributed by atoms with Crippen LogP contribution in [0.5, 0.6) is 5.75 Å². The third-order valence-electron chi connectivity index (χ3n) is 5.47. The first kappa shape index (κ1) is 18.8. The average Bonchev–Trinajstić information content (AvgIpc) is 3.06. The Morgan fingerprint density at radius 3 is 2.50 bits per heavy atom. The maximum atomic E-state index is 5.86. The maximum Gasteiger partial charge on any atom is 0.270 e. The summed E-state index contributed by atoms with van der Waals surface area (Å²) in [5.41, 5.74) is 1.69. The van der Waals surface area contributed by atoms with Gasteiger partial charge in [0.25, 0.3) is 6.33 Å². The fourth-order valence-electron chi connectivity index (χ4n) is 4.06. The molecule has 2 aromatic heterocycles. The van der Waals surface area contributed by atoms with Crippen LogP contribution in [-0.2, 0) is 12.0 Å². The van der Waals surface area contributed by atoms with E-state index in [2.05, 4.69) is 43.8 Å². The zero-order chi connectivity index (χ0) is 19.9. The highest BCUT2D eigenvalue weighted by atomic mass is 17.3. The van der Waals surface area contributed by atoms with E-state index < -0.39 is 0 Å². The summed E-state index contributed by atoms with van der Waals surface area (Å²) in [5.74, 6) is 0.653. The molecule has 7 heteroatoms. The number of aromatic nitrogens is 4. The van der Waals surface area contributed by atoms with Crippen LogP contribution < -0.4 is 9.45 Å². The van der Waals surface area contributed by atoms with Gasteiger partial charge < -0.3 is 4.89 Å². The van der Waals surface area contributed by atoms with Crippen LogP contribution in [0.4, 0.5) is 0 Å². The Balaban J connectivity index is 1.57. The van der Waals surface area contributed by atoms with Crippen molar-refractivity contribution in [2.45, 2.75) is 58.0 Å². The van der Waals surface area contributed by atoms with Crippen LogP contribution in [0.25, 0.3) is 16.6 Å². The Hall–Kier alpha value is -2.51. The van der Waals surface area contributed by atoms with Gasteiger partial charge in [0.05, 0.1) is 18.8 Å². The smallest absolute Gasteiger partial charge is 0.270 e. The van der Waals surface area contributed by atoms with Crippen molar-refractivity contribution < 1.29 is 14.4 Å². The molecular weight excluding hydrogens is 354 g/mol. The first-order chi connectivity index (χ1) is 13.2. The molecule has 0 unspecified atom stereocenters. The second kappa shape index (κ2) is 6.83. The summed E-state index contributed by atoms with van der Waals surface area (Å²) in [4.78, 5) is 16.1. The number of rotatable bonds is 4. The van der Waals surface area contributed by atoms with Crippen molar-refractivity contribution in [1.29, 1.82) is 0 Å². The molecule has 3 heterocycles. The Morgan fingerprint density at radius 1 is 1.07 bits per heavy atom. The van der Waals surface area contributed by atoms with Gasteiger partial charge in [-0.05, 0) is 71.2 Å². The molecule has 0 bridgehead atoms. The number of hydrogen-bond donors (Lipinski definition) is 0. The van der Waals surface area contributed by atoms with E-state index in [0.29, 0.717) is 5.75 Å². The third-order valence-corrected chi connectivity index (χ3v) is 5.47. The summed E-state index contributed by atoms with van der Waals surface area (Å²) < 4.78 is 3.68. The van der Waals surface area contributed by atoms with E-state index >= 15 is 0 Å². The maximum absolute atomic E-state index is 5.86. The van der Waals surface area contributed by atoms with Gasteiger partial charge in [0.1, 0.15) is 5.69 Å². The molecule has 0 N–H and O–H groups in total. The van der Waals surface area contributed by atoms with E-state index in [0.717, 1.165) is 29.4 Å². The third kappa shape index (κ3) is 3.59. The van der Waals surface area contributed by atoms with Crippen LogP contribution in [0.15, 0.2) is 43.1 Å². The first-order valence-electron chi connectivity index (χ1n) is 9.70. The molecule has 7 nitrogen and oxygen atoms in total. The van der Waals surface area contributed by atoms with Gasteiger partial charge in [0.15, 0.2) is 5.75 Å². The standard InChI is InChI=1S/C21H28N5O2/c1-20(2)9-6-10-21(3,4)26(20)28-27-18-7-8-19-16(12-18)11-17(13-22-19)25-14-23-24(5)15-25/h7-8,11-15H,6,9-10H2,1-5H3/q+1.